The lowest BCUT2D eigenvalue weighted by atomic mass is 9.91. The van der Waals surface area contributed by atoms with E-state index in [-0.39, 0.29) is 23.6 Å². The average molecular weight is 434 g/mol. The lowest BCUT2D eigenvalue weighted by Crippen LogP contribution is -2.24. The summed E-state index contributed by atoms with van der Waals surface area (Å²) >= 11 is 0. The lowest BCUT2D eigenvalue weighted by molar-refractivity contribution is 0.0953. The van der Waals surface area contributed by atoms with Crippen LogP contribution in [0.15, 0.2) is 30.5 Å². The minimum Gasteiger partial charge on any atom is -0.382 e. The molecule has 0 radical (unpaired) electrons. The predicted octanol–water partition coefficient (Wildman–Crippen LogP) is 3.49. The summed E-state index contributed by atoms with van der Waals surface area (Å²) < 4.78 is 0. The maximum Gasteiger partial charge on any atom is 0.251 e. The van der Waals surface area contributed by atoms with Gasteiger partial charge >= 0.3 is 0 Å². The molecule has 8 heteroatoms. The van der Waals surface area contributed by atoms with Gasteiger partial charge < -0.3 is 16.8 Å². The van der Waals surface area contributed by atoms with E-state index in [0.29, 0.717) is 36.1 Å². The first-order valence-corrected chi connectivity index (χ1v) is 10.9. The number of nitrogen functional groups attached to an aromatic ring is 2. The van der Waals surface area contributed by atoms with Crippen LogP contribution in [0.1, 0.15) is 67.6 Å². The maximum absolute atomic E-state index is 12.2. The molecule has 0 aliphatic carbocycles. The van der Waals surface area contributed by atoms with Crippen molar-refractivity contribution in [2.45, 2.75) is 52.4 Å². The van der Waals surface area contributed by atoms with Gasteiger partial charge in [-0.3, -0.25) is 4.79 Å². The monoisotopic (exact) mass is 433 g/mol. The fourth-order valence-corrected chi connectivity index (χ4v) is 3.17. The van der Waals surface area contributed by atoms with Gasteiger partial charge in [-0.15, -0.1) is 12.3 Å². The third-order valence-corrected chi connectivity index (χ3v) is 4.78. The van der Waals surface area contributed by atoms with Crippen LogP contribution in [0.5, 0.6) is 0 Å². The Balaban J connectivity index is 0.00000176. The average Bonchev–Trinajstić information content (AvgIpc) is 2.80. The summed E-state index contributed by atoms with van der Waals surface area (Å²) in [5.74, 6) is 2.93. The number of terminal acetylenes is 1. The van der Waals surface area contributed by atoms with E-state index in [1.165, 1.54) is 0 Å². The van der Waals surface area contributed by atoms with Gasteiger partial charge in [-0.2, -0.15) is 9.97 Å². The first-order chi connectivity index (χ1) is 15.5. The Hall–Kier alpha value is -3.73. The van der Waals surface area contributed by atoms with Gasteiger partial charge in [0.2, 0.25) is 5.95 Å². The van der Waals surface area contributed by atoms with Gasteiger partial charge in [0.25, 0.3) is 5.91 Å². The molecule has 0 aliphatic heterocycles. The quantitative estimate of drug-likeness (QED) is 0.366. The van der Waals surface area contributed by atoms with Gasteiger partial charge in [0.1, 0.15) is 0 Å². The van der Waals surface area contributed by atoms with Crippen molar-refractivity contribution in [1.29, 1.82) is 0 Å². The number of carbonyl (C=O) groups excluding carboxylic acids is 1. The van der Waals surface area contributed by atoms with Crippen molar-refractivity contribution in [3.63, 3.8) is 0 Å². The number of unbranched alkanes of at least 4 members (excludes halogenated alkanes) is 1. The zero-order valence-corrected chi connectivity index (χ0v) is 18.9. The van der Waals surface area contributed by atoms with Crippen LogP contribution in [0.2, 0.25) is 0 Å². The van der Waals surface area contributed by atoms with Crippen molar-refractivity contribution >= 4 is 28.8 Å². The molecular weight excluding hydrogens is 402 g/mol. The molecule has 0 saturated heterocycles. The van der Waals surface area contributed by atoms with E-state index in [9.17, 15) is 4.79 Å². The number of carbonyl (C=O) groups is 1. The number of hydrogen-bond acceptors (Lipinski definition) is 7. The smallest absolute Gasteiger partial charge is 0.251 e. The normalized spacial score (nSPS) is 11.2. The molecule has 5 N–H and O–H groups in total. The van der Waals surface area contributed by atoms with Crippen LogP contribution in [-0.4, -0.2) is 32.4 Å². The second kappa shape index (κ2) is 12.2. The van der Waals surface area contributed by atoms with Crippen molar-refractivity contribution in [1.82, 2.24) is 25.3 Å². The number of aromatic nitrogens is 4. The lowest BCUT2D eigenvalue weighted by Gasteiger charge is -2.15. The van der Waals surface area contributed by atoms with E-state index in [4.69, 9.17) is 17.9 Å². The maximum atomic E-state index is 12.2. The van der Waals surface area contributed by atoms with Crippen molar-refractivity contribution in [3.8, 4) is 12.3 Å². The number of fused-ring (bicyclic) bond motifs is 1. The molecule has 8 nitrogen and oxygen atoms in total. The third-order valence-electron chi connectivity index (χ3n) is 4.78. The highest BCUT2D eigenvalue weighted by molar-refractivity contribution is 5.94. The van der Waals surface area contributed by atoms with E-state index in [1.54, 1.807) is 6.20 Å². The highest BCUT2D eigenvalue weighted by Gasteiger charge is 2.15. The van der Waals surface area contributed by atoms with Gasteiger partial charge in [0.15, 0.2) is 17.0 Å². The summed E-state index contributed by atoms with van der Waals surface area (Å²) in [5, 5.41) is 2.92. The molecule has 0 aliphatic rings. The highest BCUT2D eigenvalue weighted by atomic mass is 16.1. The number of hydrogen-bond donors (Lipinski definition) is 3. The molecule has 0 fully saturated rings. The standard InChI is InChI=1S/C22H25N7O.C2H6/c1-3-5-11-25-21(30)15-9-7-14(8-10-15)16(6-4-2)12-17-13-26-20-18(27-17)19(23)28-22(24)29-20;1-2/h2,7-10,13,16H,3,5-6,11-12H2,1H3,(H,25,30)(H4,23,24,26,28,29);1-2H3. The molecule has 0 saturated carbocycles. The van der Waals surface area contributed by atoms with Crippen molar-refractivity contribution < 1.29 is 4.79 Å². The van der Waals surface area contributed by atoms with Crippen LogP contribution < -0.4 is 16.8 Å². The molecule has 0 spiro atoms. The first-order valence-electron chi connectivity index (χ1n) is 10.9. The van der Waals surface area contributed by atoms with Crippen molar-refractivity contribution in [3.05, 3.63) is 47.3 Å². The minimum atomic E-state index is -0.0707. The van der Waals surface area contributed by atoms with E-state index in [1.807, 2.05) is 38.1 Å². The largest absolute Gasteiger partial charge is 0.382 e. The summed E-state index contributed by atoms with van der Waals surface area (Å²) in [6.07, 6.45) is 10.3. The minimum absolute atomic E-state index is 0.0230. The van der Waals surface area contributed by atoms with Crippen molar-refractivity contribution in [2.75, 3.05) is 18.0 Å². The van der Waals surface area contributed by atoms with Gasteiger partial charge in [-0.25, -0.2) is 9.97 Å². The van der Waals surface area contributed by atoms with Crippen LogP contribution in [0, 0.1) is 12.3 Å². The van der Waals surface area contributed by atoms with Gasteiger partial charge in [-0.05, 0) is 30.5 Å². The number of anilines is 2. The number of nitrogens with two attached hydrogens (primary N) is 2. The van der Waals surface area contributed by atoms with Crippen LogP contribution in [0.3, 0.4) is 0 Å². The SMILES string of the molecule is C#CCC(Cc1cnc2nc(N)nc(N)c2n1)c1ccc(C(=O)NCCCC)cc1.CC. The molecule has 3 aromatic rings. The molecule has 0 bridgehead atoms. The Bertz CT molecular complexity index is 1070. The Morgan fingerprint density at radius 1 is 1.16 bits per heavy atom. The molecule has 1 unspecified atom stereocenters. The zero-order valence-electron chi connectivity index (χ0n) is 18.9. The number of nitrogens with zero attached hydrogens (tertiary/aromatic N) is 4. The molecule has 1 atom stereocenters. The second-order valence-corrected chi connectivity index (χ2v) is 7.04. The molecule has 3 rings (SSSR count). The van der Waals surface area contributed by atoms with Crippen LogP contribution in [0.25, 0.3) is 11.2 Å². The summed E-state index contributed by atoms with van der Waals surface area (Å²) in [6, 6.07) is 7.51. The molecule has 1 amide bonds. The van der Waals surface area contributed by atoms with Gasteiger partial charge in [0, 0.05) is 24.4 Å². The van der Waals surface area contributed by atoms with E-state index in [2.05, 4.69) is 38.1 Å². The number of amides is 1. The molecular formula is C24H31N7O. The topological polar surface area (TPSA) is 133 Å². The summed E-state index contributed by atoms with van der Waals surface area (Å²) in [5.41, 5.74) is 14.7. The Morgan fingerprint density at radius 2 is 1.88 bits per heavy atom. The van der Waals surface area contributed by atoms with Crippen molar-refractivity contribution in [2.24, 2.45) is 0 Å². The molecule has 32 heavy (non-hydrogen) atoms. The third kappa shape index (κ3) is 6.38. The molecule has 1 aromatic carbocycles. The zero-order chi connectivity index (χ0) is 23.5. The van der Waals surface area contributed by atoms with E-state index >= 15 is 0 Å². The first kappa shape index (κ1) is 24.5. The Labute approximate surface area is 189 Å². The fourth-order valence-electron chi connectivity index (χ4n) is 3.17. The van der Waals surface area contributed by atoms with E-state index in [0.717, 1.165) is 24.1 Å². The van der Waals surface area contributed by atoms with Gasteiger partial charge in [0.05, 0.1) is 11.9 Å². The molecule has 168 valence electrons. The number of rotatable bonds is 8. The summed E-state index contributed by atoms with van der Waals surface area (Å²) in [7, 11) is 0. The fraction of sp³-hybridized carbons (Fsp3) is 0.375. The number of nitrogens with one attached hydrogen (secondary N) is 1. The summed E-state index contributed by atoms with van der Waals surface area (Å²) in [6.45, 7) is 6.76. The molecule has 2 heterocycles. The molecule has 2 aromatic heterocycles. The van der Waals surface area contributed by atoms with Gasteiger partial charge in [-0.1, -0.05) is 39.3 Å². The highest BCUT2D eigenvalue weighted by Crippen LogP contribution is 2.25. The summed E-state index contributed by atoms with van der Waals surface area (Å²) in [4.78, 5) is 29.0. The number of benzene rings is 1. The van der Waals surface area contributed by atoms with Crippen LogP contribution >= 0.6 is 0 Å². The van der Waals surface area contributed by atoms with Crippen LogP contribution in [-0.2, 0) is 6.42 Å². The van der Waals surface area contributed by atoms with E-state index < -0.39 is 0 Å². The second-order valence-electron chi connectivity index (χ2n) is 7.04. The Kier molecular flexibility index (Phi) is 9.36. The predicted molar refractivity (Wildman–Crippen MR) is 129 cm³/mol. The van der Waals surface area contributed by atoms with Crippen LogP contribution in [0.4, 0.5) is 11.8 Å². The Morgan fingerprint density at radius 3 is 2.53 bits per heavy atom.